The normalized spacial score (nSPS) is 11.6. The van der Waals surface area contributed by atoms with Crippen LogP contribution < -0.4 is 0 Å². The lowest BCUT2D eigenvalue weighted by atomic mass is 10.2. The highest BCUT2D eigenvalue weighted by Gasteiger charge is 2.15. The summed E-state index contributed by atoms with van der Waals surface area (Å²) >= 11 is 0. The maximum absolute atomic E-state index is 11.5. The molecule has 0 radical (unpaired) electrons. The minimum Gasteiger partial charge on any atom is -0.460 e. The summed E-state index contributed by atoms with van der Waals surface area (Å²) in [6.45, 7) is 21.0. The molecular weight excluding hydrogens is 664 g/mol. The molecule has 0 saturated carbocycles. The average Bonchev–Trinajstić information content (AvgIpc) is 3.06. The number of hydrogen-bond donors (Lipinski definition) is 0. The van der Waals surface area contributed by atoms with Crippen LogP contribution in [0.2, 0.25) is 0 Å². The molecule has 0 aromatic heterocycles. The molecule has 0 atom stereocenters. The van der Waals surface area contributed by atoms with Gasteiger partial charge in [0.25, 0.3) is 0 Å². The van der Waals surface area contributed by atoms with Gasteiger partial charge in [0.05, 0.1) is 152 Å². The minimum atomic E-state index is -0.516. The van der Waals surface area contributed by atoms with Crippen LogP contribution in [-0.2, 0) is 75.9 Å². The van der Waals surface area contributed by atoms with E-state index < -0.39 is 17.5 Å². The van der Waals surface area contributed by atoms with Crippen LogP contribution in [0.4, 0.5) is 0 Å². The highest BCUT2D eigenvalue weighted by atomic mass is 16.6. The van der Waals surface area contributed by atoms with E-state index in [1.807, 2.05) is 20.8 Å². The largest absolute Gasteiger partial charge is 0.460 e. The highest BCUT2D eigenvalue weighted by Crippen LogP contribution is 2.06. The quantitative estimate of drug-likeness (QED) is 0.0510. The van der Waals surface area contributed by atoms with Gasteiger partial charge in [-0.05, 0) is 27.7 Å². The standard InChI is InChI=1S/C34H64O16/c1-31(2)33(36)49-29-28-47-25-24-45-21-20-43-17-16-41-13-12-39-9-8-37-6-7-38-10-11-40-14-15-42-18-19-44-22-23-46-26-27-48-30-32(35)50-34(3,4)5/h1,6-30H2,2-5H3. The molecule has 0 fully saturated rings. The van der Waals surface area contributed by atoms with Crippen LogP contribution in [0.5, 0.6) is 0 Å². The zero-order chi connectivity index (χ0) is 36.8. The summed E-state index contributed by atoms with van der Waals surface area (Å²) in [5.74, 6) is -0.808. The molecule has 0 aromatic carbocycles. The molecule has 0 amide bonds. The first-order valence-corrected chi connectivity index (χ1v) is 17.2. The van der Waals surface area contributed by atoms with Crippen molar-refractivity contribution in [1.29, 1.82) is 0 Å². The molecule has 0 saturated heterocycles. The first-order valence-electron chi connectivity index (χ1n) is 17.2. The van der Waals surface area contributed by atoms with Gasteiger partial charge in [-0.15, -0.1) is 0 Å². The second kappa shape index (κ2) is 37.0. The molecule has 0 spiro atoms. The second-order valence-corrected chi connectivity index (χ2v) is 11.3. The number of esters is 2. The fraction of sp³-hybridized carbons (Fsp3) is 0.882. The third-order valence-electron chi connectivity index (χ3n) is 5.54. The van der Waals surface area contributed by atoms with Crippen molar-refractivity contribution in [3.05, 3.63) is 12.2 Å². The Morgan fingerprint density at radius 3 is 0.840 bits per heavy atom. The first kappa shape index (κ1) is 48.2. The number of carbonyl (C=O) groups is 2. The molecule has 16 heteroatoms. The molecule has 0 heterocycles. The van der Waals surface area contributed by atoms with Crippen LogP contribution in [0, 0.1) is 0 Å². The molecule has 0 N–H and O–H groups in total. The van der Waals surface area contributed by atoms with E-state index >= 15 is 0 Å². The zero-order valence-electron chi connectivity index (χ0n) is 30.9. The number of hydrogen-bond acceptors (Lipinski definition) is 16. The van der Waals surface area contributed by atoms with Crippen LogP contribution in [0.15, 0.2) is 12.2 Å². The Balaban J connectivity index is 3.12. The van der Waals surface area contributed by atoms with Gasteiger partial charge < -0.3 is 66.3 Å². The molecule has 50 heavy (non-hydrogen) atoms. The Labute approximate surface area is 298 Å². The summed E-state index contributed by atoms with van der Waals surface area (Å²) in [4.78, 5) is 22.7. The van der Waals surface area contributed by atoms with E-state index in [9.17, 15) is 9.59 Å². The topological polar surface area (TPSA) is 163 Å². The van der Waals surface area contributed by atoms with Gasteiger partial charge >= 0.3 is 11.9 Å². The number of carbonyl (C=O) groups excluding carboxylic acids is 2. The fourth-order valence-corrected chi connectivity index (χ4v) is 3.26. The summed E-state index contributed by atoms with van der Waals surface area (Å²) in [5, 5.41) is 0. The van der Waals surface area contributed by atoms with Crippen molar-refractivity contribution in [1.82, 2.24) is 0 Å². The van der Waals surface area contributed by atoms with Crippen LogP contribution in [0.25, 0.3) is 0 Å². The van der Waals surface area contributed by atoms with Crippen molar-refractivity contribution in [3.63, 3.8) is 0 Å². The van der Waals surface area contributed by atoms with Gasteiger partial charge in [-0.1, -0.05) is 6.58 Å². The van der Waals surface area contributed by atoms with E-state index in [-0.39, 0.29) is 13.2 Å². The Bertz CT molecular complexity index is 777. The Kier molecular flexibility index (Phi) is 35.6. The Morgan fingerprint density at radius 1 is 0.400 bits per heavy atom. The lowest BCUT2D eigenvalue weighted by Gasteiger charge is -2.19. The summed E-state index contributed by atoms with van der Waals surface area (Å²) in [7, 11) is 0. The predicted molar refractivity (Wildman–Crippen MR) is 181 cm³/mol. The van der Waals surface area contributed by atoms with Gasteiger partial charge in [0.15, 0.2) is 0 Å². The first-order chi connectivity index (χ1) is 24.2. The molecule has 16 nitrogen and oxygen atoms in total. The smallest absolute Gasteiger partial charge is 0.333 e. The van der Waals surface area contributed by atoms with E-state index in [0.29, 0.717) is 158 Å². The highest BCUT2D eigenvalue weighted by molar-refractivity contribution is 5.86. The molecular formula is C34H64O16. The van der Waals surface area contributed by atoms with Crippen molar-refractivity contribution in [3.8, 4) is 0 Å². The summed E-state index contributed by atoms with van der Waals surface area (Å²) in [6, 6.07) is 0. The van der Waals surface area contributed by atoms with Crippen LogP contribution in [-0.4, -0.2) is 183 Å². The monoisotopic (exact) mass is 728 g/mol. The third kappa shape index (κ3) is 40.6. The summed E-state index contributed by atoms with van der Waals surface area (Å²) < 4.78 is 75.0. The Morgan fingerprint density at radius 2 is 0.620 bits per heavy atom. The minimum absolute atomic E-state index is 0.0882. The van der Waals surface area contributed by atoms with Gasteiger partial charge in [-0.3, -0.25) is 0 Å². The molecule has 0 bridgehead atoms. The third-order valence-corrected chi connectivity index (χ3v) is 5.54. The van der Waals surface area contributed by atoms with Crippen LogP contribution in [0.3, 0.4) is 0 Å². The predicted octanol–water partition coefficient (Wildman–Crippen LogP) is 1.65. The van der Waals surface area contributed by atoms with E-state index in [1.165, 1.54) is 0 Å². The van der Waals surface area contributed by atoms with Crippen molar-refractivity contribution in [2.75, 3.05) is 165 Å². The number of ether oxygens (including phenoxy) is 14. The molecule has 0 aromatic rings. The van der Waals surface area contributed by atoms with Crippen LogP contribution >= 0.6 is 0 Å². The van der Waals surface area contributed by atoms with Gasteiger partial charge in [0.1, 0.15) is 18.8 Å². The van der Waals surface area contributed by atoms with Crippen molar-refractivity contribution < 1.29 is 75.9 Å². The van der Waals surface area contributed by atoms with Gasteiger partial charge in [0, 0.05) is 5.57 Å². The molecule has 0 aliphatic carbocycles. The van der Waals surface area contributed by atoms with E-state index in [0.717, 1.165) is 0 Å². The average molecular weight is 729 g/mol. The van der Waals surface area contributed by atoms with Gasteiger partial charge in [0.2, 0.25) is 0 Å². The molecule has 0 aliphatic heterocycles. The van der Waals surface area contributed by atoms with Crippen molar-refractivity contribution >= 4 is 11.9 Å². The van der Waals surface area contributed by atoms with E-state index in [1.54, 1.807) is 6.92 Å². The van der Waals surface area contributed by atoms with E-state index in [2.05, 4.69) is 6.58 Å². The van der Waals surface area contributed by atoms with Crippen molar-refractivity contribution in [2.45, 2.75) is 33.3 Å². The summed E-state index contributed by atoms with van der Waals surface area (Å²) in [5.41, 5.74) is -0.150. The zero-order valence-corrected chi connectivity index (χ0v) is 30.9. The summed E-state index contributed by atoms with van der Waals surface area (Å²) in [6.07, 6.45) is 0. The molecule has 296 valence electrons. The number of rotatable bonds is 39. The molecule has 0 aliphatic rings. The van der Waals surface area contributed by atoms with Gasteiger partial charge in [-0.25, -0.2) is 9.59 Å². The fourth-order valence-electron chi connectivity index (χ4n) is 3.26. The second-order valence-electron chi connectivity index (χ2n) is 11.3. The lowest BCUT2D eigenvalue weighted by molar-refractivity contribution is -0.160. The SMILES string of the molecule is C=C(C)C(=O)OCCOCCOCCOCCOCCOCCOCCOCCOCCOCCOCCOCCOCC(=O)OC(C)(C)C. The maximum atomic E-state index is 11.5. The van der Waals surface area contributed by atoms with E-state index in [4.69, 9.17) is 66.3 Å². The van der Waals surface area contributed by atoms with Crippen molar-refractivity contribution in [2.24, 2.45) is 0 Å². The maximum Gasteiger partial charge on any atom is 0.333 e. The van der Waals surface area contributed by atoms with Crippen LogP contribution in [0.1, 0.15) is 27.7 Å². The van der Waals surface area contributed by atoms with Gasteiger partial charge in [-0.2, -0.15) is 0 Å². The molecule has 0 rings (SSSR count). The molecule has 0 unspecified atom stereocenters. The lowest BCUT2D eigenvalue weighted by Crippen LogP contribution is -2.27. The Hall–Kier alpha value is -1.80.